The van der Waals surface area contributed by atoms with Gasteiger partial charge in [-0.25, -0.2) is 13.9 Å². The van der Waals surface area contributed by atoms with Crippen LogP contribution in [0.25, 0.3) is 17.0 Å². The quantitative estimate of drug-likeness (QED) is 0.776. The summed E-state index contributed by atoms with van der Waals surface area (Å²) in [4.78, 5) is 8.40. The number of hydrogen-bond acceptors (Lipinski definition) is 4. The number of halogens is 1. The van der Waals surface area contributed by atoms with E-state index in [0.717, 1.165) is 0 Å². The second-order valence-electron chi connectivity index (χ2n) is 5.11. The van der Waals surface area contributed by atoms with Crippen molar-refractivity contribution in [2.75, 3.05) is 0 Å². The molecule has 0 fully saturated rings. The Balaban J connectivity index is 2.11. The predicted molar refractivity (Wildman–Crippen MR) is 71.4 cm³/mol. The van der Waals surface area contributed by atoms with Crippen molar-refractivity contribution in [1.82, 2.24) is 19.6 Å². The highest BCUT2D eigenvalue weighted by Crippen LogP contribution is 2.23. The molecule has 0 aliphatic rings. The molecule has 0 amide bonds. The Morgan fingerprint density at radius 1 is 1.25 bits per heavy atom. The van der Waals surface area contributed by atoms with Crippen molar-refractivity contribution in [2.45, 2.75) is 19.4 Å². The van der Waals surface area contributed by atoms with Gasteiger partial charge in [0.05, 0.1) is 11.8 Å². The maximum absolute atomic E-state index is 13.1. The van der Waals surface area contributed by atoms with Crippen molar-refractivity contribution in [1.29, 1.82) is 0 Å². The van der Waals surface area contributed by atoms with Crippen LogP contribution in [0.15, 0.2) is 36.8 Å². The molecule has 1 N–H and O–H groups in total. The minimum absolute atomic E-state index is 0.377. The van der Waals surface area contributed by atoms with Crippen LogP contribution in [-0.2, 0) is 5.60 Å². The molecule has 0 aliphatic heterocycles. The van der Waals surface area contributed by atoms with Crippen LogP contribution >= 0.6 is 0 Å². The zero-order valence-corrected chi connectivity index (χ0v) is 11.1. The van der Waals surface area contributed by atoms with E-state index >= 15 is 0 Å². The molecule has 0 saturated heterocycles. The van der Waals surface area contributed by atoms with Crippen molar-refractivity contribution in [2.24, 2.45) is 0 Å². The number of pyridine rings is 2. The van der Waals surface area contributed by atoms with E-state index in [2.05, 4.69) is 15.1 Å². The number of fused-ring (bicyclic) bond motifs is 1. The van der Waals surface area contributed by atoms with Crippen molar-refractivity contribution < 1.29 is 9.50 Å². The monoisotopic (exact) mass is 272 g/mol. The van der Waals surface area contributed by atoms with Gasteiger partial charge in [0.15, 0.2) is 11.5 Å². The summed E-state index contributed by atoms with van der Waals surface area (Å²) < 4.78 is 14.5. The molecule has 0 atom stereocenters. The molecule has 3 aromatic rings. The van der Waals surface area contributed by atoms with Gasteiger partial charge in [0.25, 0.3) is 0 Å². The van der Waals surface area contributed by atoms with Crippen LogP contribution in [-0.4, -0.2) is 24.7 Å². The Labute approximate surface area is 114 Å². The molecule has 102 valence electrons. The van der Waals surface area contributed by atoms with Crippen LogP contribution in [0.1, 0.15) is 19.4 Å². The van der Waals surface area contributed by atoms with Gasteiger partial charge in [0.2, 0.25) is 0 Å². The largest absolute Gasteiger partial charge is 0.386 e. The Morgan fingerprint density at radius 2 is 2.05 bits per heavy atom. The molecular weight excluding hydrogens is 259 g/mol. The summed E-state index contributed by atoms with van der Waals surface area (Å²) in [6.07, 6.45) is 4.47. The SMILES string of the molecule is CC(C)(O)c1cncc(-c2nc3ccc(F)cn3n2)c1. The molecule has 6 heteroatoms. The highest BCUT2D eigenvalue weighted by Gasteiger charge is 2.18. The molecule has 0 spiro atoms. The molecule has 0 aromatic carbocycles. The molecule has 3 aromatic heterocycles. The summed E-state index contributed by atoms with van der Waals surface area (Å²) in [7, 11) is 0. The number of nitrogens with zero attached hydrogens (tertiary/aromatic N) is 4. The first-order chi connectivity index (χ1) is 9.43. The summed E-state index contributed by atoms with van der Waals surface area (Å²) in [5.74, 6) is 0.0616. The van der Waals surface area contributed by atoms with E-state index < -0.39 is 5.60 Å². The average molecular weight is 272 g/mol. The van der Waals surface area contributed by atoms with Gasteiger partial charge < -0.3 is 5.11 Å². The molecule has 20 heavy (non-hydrogen) atoms. The first-order valence-electron chi connectivity index (χ1n) is 6.14. The zero-order valence-electron chi connectivity index (χ0n) is 11.1. The second-order valence-corrected chi connectivity index (χ2v) is 5.11. The van der Waals surface area contributed by atoms with Crippen LogP contribution in [0.3, 0.4) is 0 Å². The lowest BCUT2D eigenvalue weighted by atomic mass is 9.99. The number of aliphatic hydroxyl groups is 1. The van der Waals surface area contributed by atoms with Crippen LogP contribution < -0.4 is 0 Å². The molecule has 0 radical (unpaired) electrons. The van der Waals surface area contributed by atoms with Crippen molar-refractivity contribution in [3.8, 4) is 11.4 Å². The first-order valence-corrected chi connectivity index (χ1v) is 6.14. The maximum Gasteiger partial charge on any atom is 0.183 e. The first kappa shape index (κ1) is 12.7. The smallest absolute Gasteiger partial charge is 0.183 e. The summed E-state index contributed by atoms with van der Waals surface area (Å²) in [6, 6.07) is 4.66. The fourth-order valence-corrected chi connectivity index (χ4v) is 1.88. The predicted octanol–water partition coefficient (Wildman–Crippen LogP) is 2.16. The van der Waals surface area contributed by atoms with Crippen LogP contribution in [0.5, 0.6) is 0 Å². The standard InChI is InChI=1S/C14H13FN4O/c1-14(2,20)10-5-9(6-16-7-10)13-17-12-4-3-11(15)8-19(12)18-13/h3-8,20H,1-2H3. The molecule has 0 aliphatic carbocycles. The van der Waals surface area contributed by atoms with Crippen LogP contribution in [0.2, 0.25) is 0 Å². The molecule has 3 rings (SSSR count). The lowest BCUT2D eigenvalue weighted by Crippen LogP contribution is -2.15. The summed E-state index contributed by atoms with van der Waals surface area (Å²) >= 11 is 0. The van der Waals surface area contributed by atoms with E-state index in [4.69, 9.17) is 0 Å². The zero-order chi connectivity index (χ0) is 14.3. The van der Waals surface area contributed by atoms with Gasteiger partial charge in [-0.3, -0.25) is 4.98 Å². The highest BCUT2D eigenvalue weighted by molar-refractivity contribution is 5.58. The number of hydrogen-bond donors (Lipinski definition) is 1. The van der Waals surface area contributed by atoms with E-state index in [1.54, 1.807) is 38.4 Å². The van der Waals surface area contributed by atoms with Crippen LogP contribution in [0.4, 0.5) is 4.39 Å². The van der Waals surface area contributed by atoms with Gasteiger partial charge in [0, 0.05) is 23.5 Å². The molecule has 5 nitrogen and oxygen atoms in total. The van der Waals surface area contributed by atoms with E-state index in [1.165, 1.54) is 16.8 Å². The van der Waals surface area contributed by atoms with Crippen LogP contribution in [0, 0.1) is 5.82 Å². The van der Waals surface area contributed by atoms with Gasteiger partial charge >= 0.3 is 0 Å². The van der Waals surface area contributed by atoms with Crippen molar-refractivity contribution in [3.63, 3.8) is 0 Å². The minimum Gasteiger partial charge on any atom is -0.386 e. The Bertz CT molecular complexity index is 776. The molecule has 3 heterocycles. The summed E-state index contributed by atoms with van der Waals surface area (Å²) in [6.45, 7) is 3.36. The average Bonchev–Trinajstić information content (AvgIpc) is 2.81. The third-order valence-corrected chi connectivity index (χ3v) is 3.00. The highest BCUT2D eigenvalue weighted by atomic mass is 19.1. The fraction of sp³-hybridized carbons (Fsp3) is 0.214. The van der Waals surface area contributed by atoms with E-state index in [-0.39, 0.29) is 5.82 Å². The number of aromatic nitrogens is 4. The van der Waals surface area contributed by atoms with Gasteiger partial charge in [-0.05, 0) is 32.0 Å². The second kappa shape index (κ2) is 4.35. The molecular formula is C14H13FN4O. The van der Waals surface area contributed by atoms with E-state index in [9.17, 15) is 9.50 Å². The molecule has 0 bridgehead atoms. The maximum atomic E-state index is 13.1. The fourth-order valence-electron chi connectivity index (χ4n) is 1.88. The van der Waals surface area contributed by atoms with Crippen molar-refractivity contribution >= 4 is 5.65 Å². The number of rotatable bonds is 2. The van der Waals surface area contributed by atoms with E-state index in [0.29, 0.717) is 22.6 Å². The third-order valence-electron chi connectivity index (χ3n) is 3.00. The Hall–Kier alpha value is -2.34. The third kappa shape index (κ3) is 2.25. The van der Waals surface area contributed by atoms with E-state index in [1.807, 2.05) is 0 Å². The normalized spacial score (nSPS) is 12.0. The lowest BCUT2D eigenvalue weighted by molar-refractivity contribution is 0.0783. The van der Waals surface area contributed by atoms with Gasteiger partial charge in [-0.15, -0.1) is 5.10 Å². The lowest BCUT2D eigenvalue weighted by Gasteiger charge is -2.17. The minimum atomic E-state index is -0.992. The van der Waals surface area contributed by atoms with Gasteiger partial charge in [-0.1, -0.05) is 0 Å². The molecule has 0 unspecified atom stereocenters. The molecule has 0 saturated carbocycles. The summed E-state index contributed by atoms with van der Waals surface area (Å²) in [5, 5.41) is 14.2. The topological polar surface area (TPSA) is 63.3 Å². The Kier molecular flexibility index (Phi) is 2.76. The van der Waals surface area contributed by atoms with Crippen molar-refractivity contribution in [3.05, 3.63) is 48.2 Å². The summed E-state index contributed by atoms with van der Waals surface area (Å²) in [5.41, 5.74) is 0.901. The Morgan fingerprint density at radius 3 is 2.80 bits per heavy atom. The van der Waals surface area contributed by atoms with Gasteiger partial charge in [-0.2, -0.15) is 0 Å². The van der Waals surface area contributed by atoms with Gasteiger partial charge in [0.1, 0.15) is 5.82 Å².